The third kappa shape index (κ3) is 2.78. The van der Waals surface area contributed by atoms with Crippen molar-refractivity contribution < 1.29 is 4.74 Å². The number of hydrogen-bond donors (Lipinski definition) is 1. The van der Waals surface area contributed by atoms with E-state index in [9.17, 15) is 0 Å². The average Bonchev–Trinajstić information content (AvgIpc) is 2.67. The maximum atomic E-state index is 5.76. The maximum Gasteiger partial charge on any atom is 0.136 e. The maximum absolute atomic E-state index is 5.76. The quantitative estimate of drug-likeness (QED) is 0.819. The minimum Gasteiger partial charge on any atom is -0.487 e. The Labute approximate surface area is 115 Å². The summed E-state index contributed by atoms with van der Waals surface area (Å²) in [7, 11) is 0. The van der Waals surface area contributed by atoms with Gasteiger partial charge in [0.05, 0.1) is 4.47 Å². The first-order valence-corrected chi connectivity index (χ1v) is 7.03. The van der Waals surface area contributed by atoms with E-state index >= 15 is 0 Å². The zero-order chi connectivity index (χ0) is 11.5. The second-order valence-electron chi connectivity index (χ2n) is 3.18. The number of rotatable bonds is 3. The van der Waals surface area contributed by atoms with Gasteiger partial charge in [0.25, 0.3) is 0 Å². The number of nitrogens with two attached hydrogens (primary N) is 1. The van der Waals surface area contributed by atoms with Crippen LogP contribution in [0.4, 0.5) is 5.69 Å². The summed E-state index contributed by atoms with van der Waals surface area (Å²) in [4.78, 5) is 1.17. The molecule has 0 aliphatic heterocycles. The summed E-state index contributed by atoms with van der Waals surface area (Å²) in [6.07, 6.45) is 0. The van der Waals surface area contributed by atoms with Gasteiger partial charge in [0.1, 0.15) is 12.4 Å². The van der Waals surface area contributed by atoms with Gasteiger partial charge in [-0.1, -0.05) is 6.07 Å². The molecule has 2 nitrogen and oxygen atoms in total. The van der Waals surface area contributed by atoms with Crippen LogP contribution in [0.25, 0.3) is 0 Å². The van der Waals surface area contributed by atoms with Crippen LogP contribution in [0.3, 0.4) is 0 Å². The Hall–Kier alpha value is -0.520. The van der Waals surface area contributed by atoms with Crippen molar-refractivity contribution in [1.29, 1.82) is 0 Å². The molecule has 0 radical (unpaired) electrons. The van der Waals surface area contributed by atoms with Crippen LogP contribution in [0.2, 0.25) is 0 Å². The van der Waals surface area contributed by atoms with Crippen molar-refractivity contribution in [1.82, 2.24) is 0 Å². The lowest BCUT2D eigenvalue weighted by atomic mass is 10.3. The SMILES string of the molecule is Nc1cccc(OCc2cc(Br)cs2)c1Br. The molecule has 1 heterocycles. The van der Waals surface area contributed by atoms with Crippen LogP contribution in [0.15, 0.2) is 38.6 Å². The first-order valence-electron chi connectivity index (χ1n) is 4.56. The molecule has 0 aliphatic rings. The van der Waals surface area contributed by atoms with Gasteiger partial charge in [0.15, 0.2) is 0 Å². The predicted molar refractivity (Wildman–Crippen MR) is 74.9 cm³/mol. The number of hydrogen-bond acceptors (Lipinski definition) is 3. The number of nitrogen functional groups attached to an aromatic ring is 1. The number of ether oxygens (including phenoxy) is 1. The highest BCUT2D eigenvalue weighted by Gasteiger charge is 2.05. The Kier molecular flexibility index (Phi) is 3.89. The van der Waals surface area contributed by atoms with E-state index in [1.54, 1.807) is 11.3 Å². The van der Waals surface area contributed by atoms with E-state index in [-0.39, 0.29) is 0 Å². The fraction of sp³-hybridized carbons (Fsp3) is 0.0909. The van der Waals surface area contributed by atoms with E-state index in [2.05, 4.69) is 31.9 Å². The molecule has 1 aromatic carbocycles. The second-order valence-corrected chi connectivity index (χ2v) is 5.88. The summed E-state index contributed by atoms with van der Waals surface area (Å²) in [5.74, 6) is 0.768. The second kappa shape index (κ2) is 5.21. The van der Waals surface area contributed by atoms with Crippen molar-refractivity contribution in [2.45, 2.75) is 6.61 Å². The Morgan fingerprint density at radius 3 is 2.81 bits per heavy atom. The van der Waals surface area contributed by atoms with Crippen molar-refractivity contribution in [3.63, 3.8) is 0 Å². The summed E-state index contributed by atoms with van der Waals surface area (Å²) in [5, 5.41) is 2.03. The van der Waals surface area contributed by atoms with Crippen LogP contribution in [-0.4, -0.2) is 0 Å². The number of anilines is 1. The minimum atomic E-state index is 0.554. The number of benzene rings is 1. The summed E-state index contributed by atoms with van der Waals surface area (Å²) in [5.41, 5.74) is 6.45. The Morgan fingerprint density at radius 2 is 2.12 bits per heavy atom. The molecule has 16 heavy (non-hydrogen) atoms. The predicted octanol–water partition coefficient (Wildman–Crippen LogP) is 4.43. The van der Waals surface area contributed by atoms with E-state index in [1.807, 2.05) is 29.6 Å². The van der Waals surface area contributed by atoms with Crippen molar-refractivity contribution in [3.05, 3.63) is 43.5 Å². The van der Waals surface area contributed by atoms with Crippen molar-refractivity contribution in [3.8, 4) is 5.75 Å². The zero-order valence-corrected chi connectivity index (χ0v) is 12.2. The molecular formula is C11H9Br2NOS. The van der Waals surface area contributed by atoms with Crippen LogP contribution >= 0.6 is 43.2 Å². The molecule has 0 bridgehead atoms. The summed E-state index contributed by atoms with van der Waals surface area (Å²) < 4.78 is 7.58. The van der Waals surface area contributed by atoms with Crippen molar-refractivity contribution in [2.75, 3.05) is 5.73 Å². The molecule has 0 spiro atoms. The summed E-state index contributed by atoms with van der Waals surface area (Å²) in [6, 6.07) is 7.65. The van der Waals surface area contributed by atoms with Gasteiger partial charge >= 0.3 is 0 Å². The first-order chi connectivity index (χ1) is 7.66. The lowest BCUT2D eigenvalue weighted by Gasteiger charge is -2.08. The van der Waals surface area contributed by atoms with Gasteiger partial charge in [0, 0.05) is 20.4 Å². The Bertz CT molecular complexity index is 498. The highest BCUT2D eigenvalue weighted by Crippen LogP contribution is 2.31. The van der Waals surface area contributed by atoms with Crippen LogP contribution < -0.4 is 10.5 Å². The standard InChI is InChI=1S/C11H9Br2NOS/c12-7-4-8(16-6-7)5-15-10-3-1-2-9(14)11(10)13/h1-4,6H,5,14H2. The molecule has 0 saturated carbocycles. The lowest BCUT2D eigenvalue weighted by molar-refractivity contribution is 0.308. The van der Waals surface area contributed by atoms with E-state index in [1.165, 1.54) is 4.88 Å². The topological polar surface area (TPSA) is 35.2 Å². The van der Waals surface area contributed by atoms with Gasteiger partial charge in [-0.2, -0.15) is 0 Å². The summed E-state index contributed by atoms with van der Waals surface area (Å²) in [6.45, 7) is 0.554. The van der Waals surface area contributed by atoms with Gasteiger partial charge in [-0.25, -0.2) is 0 Å². The van der Waals surface area contributed by atoms with Crippen LogP contribution in [-0.2, 0) is 6.61 Å². The smallest absolute Gasteiger partial charge is 0.136 e. The Balaban J connectivity index is 2.07. The molecule has 0 amide bonds. The third-order valence-corrected chi connectivity index (χ3v) is 4.50. The molecule has 84 valence electrons. The summed E-state index contributed by atoms with van der Waals surface area (Å²) >= 11 is 8.47. The molecule has 2 rings (SSSR count). The first kappa shape index (κ1) is 12.0. The van der Waals surface area contributed by atoms with Crippen LogP contribution in [0.1, 0.15) is 4.88 Å². The van der Waals surface area contributed by atoms with Gasteiger partial charge in [-0.3, -0.25) is 0 Å². The third-order valence-electron chi connectivity index (χ3n) is 1.98. The van der Waals surface area contributed by atoms with Crippen LogP contribution in [0.5, 0.6) is 5.75 Å². The highest BCUT2D eigenvalue weighted by molar-refractivity contribution is 9.11. The average molecular weight is 363 g/mol. The zero-order valence-electron chi connectivity index (χ0n) is 8.24. The van der Waals surface area contributed by atoms with Crippen LogP contribution in [0, 0.1) is 0 Å². The van der Waals surface area contributed by atoms with Crippen molar-refractivity contribution in [2.24, 2.45) is 0 Å². The molecule has 0 unspecified atom stereocenters. The highest BCUT2D eigenvalue weighted by atomic mass is 79.9. The fourth-order valence-electron chi connectivity index (χ4n) is 1.22. The van der Waals surface area contributed by atoms with Crippen molar-refractivity contribution >= 4 is 48.9 Å². The number of thiophene rings is 1. The Morgan fingerprint density at radius 1 is 1.31 bits per heavy atom. The van der Waals surface area contributed by atoms with Gasteiger partial charge in [0.2, 0.25) is 0 Å². The molecule has 5 heteroatoms. The molecular weight excluding hydrogens is 354 g/mol. The normalized spacial score (nSPS) is 10.4. The molecule has 2 N–H and O–H groups in total. The van der Waals surface area contributed by atoms with E-state index in [0.29, 0.717) is 12.3 Å². The molecule has 1 aromatic heterocycles. The molecule has 0 aliphatic carbocycles. The van der Waals surface area contributed by atoms with Gasteiger partial charge < -0.3 is 10.5 Å². The monoisotopic (exact) mass is 361 g/mol. The largest absolute Gasteiger partial charge is 0.487 e. The van der Waals surface area contributed by atoms with Gasteiger partial charge in [-0.05, 0) is 50.1 Å². The number of halogens is 2. The fourth-order valence-corrected chi connectivity index (χ4v) is 2.96. The molecule has 2 aromatic rings. The lowest BCUT2D eigenvalue weighted by Crippen LogP contribution is -1.95. The molecule has 0 fully saturated rings. The van der Waals surface area contributed by atoms with Gasteiger partial charge in [-0.15, -0.1) is 11.3 Å². The van der Waals surface area contributed by atoms with E-state index in [4.69, 9.17) is 10.5 Å². The molecule has 0 atom stereocenters. The van der Waals surface area contributed by atoms with E-state index in [0.717, 1.165) is 14.7 Å². The molecule has 0 saturated heterocycles. The minimum absolute atomic E-state index is 0.554. The van der Waals surface area contributed by atoms with E-state index < -0.39 is 0 Å².